The average molecular weight is 306 g/mol. The standard InChI is InChI=1S/C11H13BrFNO3/c1-14(6-8(15)5-11(16)17)10-4-7(12)2-3-9(10)13/h2-4,8,15H,5-6H2,1H3,(H,16,17). The number of carbonyl (C=O) groups is 1. The Morgan fingerprint density at radius 2 is 2.24 bits per heavy atom. The first kappa shape index (κ1) is 13.9. The molecule has 0 aliphatic rings. The van der Waals surface area contributed by atoms with Crippen molar-refractivity contribution in [3.8, 4) is 0 Å². The van der Waals surface area contributed by atoms with E-state index in [-0.39, 0.29) is 13.0 Å². The van der Waals surface area contributed by atoms with Crippen molar-refractivity contribution >= 4 is 27.6 Å². The first-order valence-corrected chi connectivity index (χ1v) is 5.75. The predicted octanol–water partition coefficient (Wildman–Crippen LogP) is 1.86. The van der Waals surface area contributed by atoms with Gasteiger partial charge in [0.25, 0.3) is 0 Å². The molecule has 17 heavy (non-hydrogen) atoms. The molecule has 1 aromatic carbocycles. The van der Waals surface area contributed by atoms with Crippen LogP contribution in [0.2, 0.25) is 0 Å². The van der Waals surface area contributed by atoms with Gasteiger partial charge in [-0.15, -0.1) is 0 Å². The van der Waals surface area contributed by atoms with Gasteiger partial charge in [0, 0.05) is 18.1 Å². The SMILES string of the molecule is CN(CC(O)CC(=O)O)c1cc(Br)ccc1F. The molecule has 0 fully saturated rings. The highest BCUT2D eigenvalue weighted by Gasteiger charge is 2.15. The zero-order valence-electron chi connectivity index (χ0n) is 9.23. The van der Waals surface area contributed by atoms with Crippen molar-refractivity contribution in [1.82, 2.24) is 0 Å². The summed E-state index contributed by atoms with van der Waals surface area (Å²) in [5.74, 6) is -1.50. The maximum atomic E-state index is 13.5. The van der Waals surface area contributed by atoms with Gasteiger partial charge in [-0.2, -0.15) is 0 Å². The molecule has 0 aliphatic carbocycles. The van der Waals surface area contributed by atoms with Crippen LogP contribution in [0.1, 0.15) is 6.42 Å². The van der Waals surface area contributed by atoms with E-state index in [2.05, 4.69) is 15.9 Å². The molecule has 94 valence electrons. The molecule has 0 saturated carbocycles. The number of likely N-dealkylation sites (N-methyl/N-ethyl adjacent to an activating group) is 1. The number of carboxylic acid groups (broad SMARTS) is 1. The van der Waals surface area contributed by atoms with Gasteiger partial charge in [0.05, 0.1) is 18.2 Å². The Labute approximate surface area is 107 Å². The molecule has 0 saturated heterocycles. The minimum absolute atomic E-state index is 0.0552. The smallest absolute Gasteiger partial charge is 0.306 e. The molecule has 4 nitrogen and oxygen atoms in total. The number of nitrogens with zero attached hydrogens (tertiary/aromatic N) is 1. The lowest BCUT2D eigenvalue weighted by molar-refractivity contribution is -0.139. The fourth-order valence-corrected chi connectivity index (χ4v) is 1.81. The molecule has 0 radical (unpaired) electrons. The second kappa shape index (κ2) is 5.97. The lowest BCUT2D eigenvalue weighted by atomic mass is 10.2. The van der Waals surface area contributed by atoms with Crippen molar-refractivity contribution in [3.63, 3.8) is 0 Å². The van der Waals surface area contributed by atoms with Gasteiger partial charge in [-0.25, -0.2) is 4.39 Å². The fourth-order valence-electron chi connectivity index (χ4n) is 1.46. The van der Waals surface area contributed by atoms with E-state index in [4.69, 9.17) is 5.11 Å². The molecule has 2 N–H and O–H groups in total. The Morgan fingerprint density at radius 3 is 2.82 bits per heavy atom. The van der Waals surface area contributed by atoms with Gasteiger partial charge in [0.2, 0.25) is 0 Å². The van der Waals surface area contributed by atoms with E-state index in [9.17, 15) is 14.3 Å². The van der Waals surface area contributed by atoms with Crippen molar-refractivity contribution in [1.29, 1.82) is 0 Å². The topological polar surface area (TPSA) is 60.8 Å². The highest BCUT2D eigenvalue weighted by atomic mass is 79.9. The third-order valence-corrected chi connectivity index (χ3v) is 2.71. The Morgan fingerprint density at radius 1 is 1.59 bits per heavy atom. The van der Waals surface area contributed by atoms with Gasteiger partial charge >= 0.3 is 5.97 Å². The van der Waals surface area contributed by atoms with Gasteiger partial charge < -0.3 is 15.1 Å². The number of aliphatic hydroxyl groups is 1. The number of aliphatic carboxylic acids is 1. The number of rotatable bonds is 5. The number of carboxylic acids is 1. The Hall–Kier alpha value is -1.14. The Kier molecular flexibility index (Phi) is 4.89. The highest BCUT2D eigenvalue weighted by molar-refractivity contribution is 9.10. The molecule has 1 rings (SSSR count). The third-order valence-electron chi connectivity index (χ3n) is 2.21. The van der Waals surface area contributed by atoms with E-state index in [1.54, 1.807) is 19.2 Å². The third kappa shape index (κ3) is 4.32. The van der Waals surface area contributed by atoms with Crippen LogP contribution >= 0.6 is 15.9 Å². The Balaban J connectivity index is 2.72. The lowest BCUT2D eigenvalue weighted by Gasteiger charge is -2.22. The zero-order chi connectivity index (χ0) is 13.0. The van der Waals surface area contributed by atoms with Gasteiger partial charge in [-0.05, 0) is 18.2 Å². The van der Waals surface area contributed by atoms with Crippen molar-refractivity contribution in [3.05, 3.63) is 28.5 Å². The second-order valence-corrected chi connectivity index (χ2v) is 4.64. The van der Waals surface area contributed by atoms with Gasteiger partial charge in [-0.3, -0.25) is 4.79 Å². The molecule has 1 unspecified atom stereocenters. The Bertz CT molecular complexity index is 414. The molecule has 0 bridgehead atoms. The van der Waals surface area contributed by atoms with Crippen LogP contribution in [0.4, 0.5) is 10.1 Å². The highest BCUT2D eigenvalue weighted by Crippen LogP contribution is 2.23. The van der Waals surface area contributed by atoms with E-state index < -0.39 is 17.9 Å². The number of benzene rings is 1. The summed E-state index contributed by atoms with van der Waals surface area (Å²) in [6.45, 7) is 0.0552. The van der Waals surface area contributed by atoms with Crippen LogP contribution in [0.5, 0.6) is 0 Å². The summed E-state index contributed by atoms with van der Waals surface area (Å²) < 4.78 is 14.2. The minimum Gasteiger partial charge on any atom is -0.481 e. The molecule has 0 amide bonds. The van der Waals surface area contributed by atoms with E-state index in [1.165, 1.54) is 11.0 Å². The maximum absolute atomic E-state index is 13.5. The summed E-state index contributed by atoms with van der Waals surface area (Å²) in [5.41, 5.74) is 0.309. The number of anilines is 1. The molecular weight excluding hydrogens is 293 g/mol. The van der Waals surface area contributed by atoms with Crippen molar-refractivity contribution in [2.75, 3.05) is 18.5 Å². The van der Waals surface area contributed by atoms with E-state index >= 15 is 0 Å². The largest absolute Gasteiger partial charge is 0.481 e. The van der Waals surface area contributed by atoms with Gasteiger partial charge in [0.1, 0.15) is 5.82 Å². The summed E-state index contributed by atoms with van der Waals surface area (Å²) in [4.78, 5) is 11.9. The number of aliphatic hydroxyl groups excluding tert-OH is 1. The normalized spacial score (nSPS) is 12.2. The maximum Gasteiger partial charge on any atom is 0.306 e. The first-order valence-electron chi connectivity index (χ1n) is 4.96. The molecule has 0 aliphatic heterocycles. The van der Waals surface area contributed by atoms with Crippen LogP contribution in [0.25, 0.3) is 0 Å². The predicted molar refractivity (Wildman–Crippen MR) is 65.6 cm³/mol. The molecule has 0 heterocycles. The van der Waals surface area contributed by atoms with Gasteiger partial charge in [0.15, 0.2) is 0 Å². The minimum atomic E-state index is -1.08. The van der Waals surface area contributed by atoms with E-state index in [0.717, 1.165) is 0 Å². The number of halogens is 2. The van der Waals surface area contributed by atoms with Gasteiger partial charge in [-0.1, -0.05) is 15.9 Å². The zero-order valence-corrected chi connectivity index (χ0v) is 10.8. The summed E-state index contributed by atoms with van der Waals surface area (Å²) in [7, 11) is 1.59. The molecule has 1 aromatic rings. The molecule has 0 aromatic heterocycles. The average Bonchev–Trinajstić information content (AvgIpc) is 2.20. The summed E-state index contributed by atoms with van der Waals surface area (Å²) in [6, 6.07) is 4.45. The first-order chi connectivity index (χ1) is 7.90. The lowest BCUT2D eigenvalue weighted by Crippen LogP contribution is -2.31. The van der Waals surface area contributed by atoms with Crippen molar-refractivity contribution < 1.29 is 19.4 Å². The summed E-state index contributed by atoms with van der Waals surface area (Å²) >= 11 is 3.22. The number of hydrogen-bond donors (Lipinski definition) is 2. The summed E-state index contributed by atoms with van der Waals surface area (Å²) in [6.07, 6.45) is -1.39. The monoisotopic (exact) mass is 305 g/mol. The van der Waals surface area contributed by atoms with Crippen LogP contribution < -0.4 is 4.90 Å². The van der Waals surface area contributed by atoms with Crippen LogP contribution in [0, 0.1) is 5.82 Å². The van der Waals surface area contributed by atoms with Crippen molar-refractivity contribution in [2.24, 2.45) is 0 Å². The van der Waals surface area contributed by atoms with Crippen LogP contribution in [0.15, 0.2) is 22.7 Å². The molecule has 1 atom stereocenters. The molecular formula is C11H13BrFNO3. The van der Waals surface area contributed by atoms with E-state index in [0.29, 0.717) is 10.2 Å². The van der Waals surface area contributed by atoms with Crippen LogP contribution in [-0.2, 0) is 4.79 Å². The fraction of sp³-hybridized carbons (Fsp3) is 0.364. The quantitative estimate of drug-likeness (QED) is 0.872. The van der Waals surface area contributed by atoms with E-state index in [1.807, 2.05) is 0 Å². The van der Waals surface area contributed by atoms with Crippen LogP contribution in [0.3, 0.4) is 0 Å². The molecule has 6 heteroatoms. The second-order valence-electron chi connectivity index (χ2n) is 3.73. The van der Waals surface area contributed by atoms with Crippen LogP contribution in [-0.4, -0.2) is 35.9 Å². The molecule has 0 spiro atoms. The number of hydrogen-bond acceptors (Lipinski definition) is 3. The van der Waals surface area contributed by atoms with Crippen molar-refractivity contribution in [2.45, 2.75) is 12.5 Å². The summed E-state index contributed by atoms with van der Waals surface area (Å²) in [5, 5.41) is 18.0.